The number of rotatable bonds is 12. The number of carbonyl (C=O) groups excluding carboxylic acids is 5. The number of carbonyl (C=O) groups is 5. The highest BCUT2D eigenvalue weighted by atomic mass is 19.4. The van der Waals surface area contributed by atoms with Crippen LogP contribution in [0, 0.1) is 5.41 Å². The second kappa shape index (κ2) is 15.6. The predicted octanol–water partition coefficient (Wildman–Crippen LogP) is 1.94. The van der Waals surface area contributed by atoms with Gasteiger partial charge in [-0.2, -0.15) is 18.2 Å². The third-order valence-corrected chi connectivity index (χ3v) is 10.1. The molecule has 2 N–H and O–H groups in total. The lowest BCUT2D eigenvalue weighted by molar-refractivity contribution is -0.204. The van der Waals surface area contributed by atoms with Crippen molar-refractivity contribution in [3.8, 4) is 0 Å². The maximum atomic E-state index is 15.0. The van der Waals surface area contributed by atoms with Crippen molar-refractivity contribution in [2.75, 3.05) is 26.6 Å². The number of hydroxylamine groups is 2. The van der Waals surface area contributed by atoms with Gasteiger partial charge in [-0.25, -0.2) is 4.79 Å². The Bertz CT molecular complexity index is 1650. The molecule has 4 aliphatic heterocycles. The van der Waals surface area contributed by atoms with Crippen molar-refractivity contribution < 1.29 is 70.8 Å². The molecule has 6 rings (SSSR count). The summed E-state index contributed by atoms with van der Waals surface area (Å²) in [6, 6.07) is 3.55. The molecule has 4 heterocycles. The summed E-state index contributed by atoms with van der Waals surface area (Å²) < 4.78 is 64.8. The van der Waals surface area contributed by atoms with Crippen LogP contribution in [0.2, 0.25) is 0 Å². The number of hydrogen-bond acceptors (Lipinski definition) is 13. The number of fused-ring (bicyclic) bond motifs is 4. The van der Waals surface area contributed by atoms with Gasteiger partial charge in [0.25, 0.3) is 0 Å². The normalized spacial score (nSPS) is 29.8. The van der Waals surface area contributed by atoms with E-state index < -0.39 is 103 Å². The Morgan fingerprint density at radius 2 is 1.87 bits per heavy atom. The molecule has 0 radical (unpaired) electrons. The number of amides is 2. The first kappa shape index (κ1) is 39.6. The van der Waals surface area contributed by atoms with Crippen LogP contribution in [-0.4, -0.2) is 126 Å². The molecule has 296 valence electrons. The van der Waals surface area contributed by atoms with Crippen LogP contribution >= 0.6 is 0 Å². The minimum Gasteiger partial charge on any atom is -0.460 e. The summed E-state index contributed by atoms with van der Waals surface area (Å²) in [5.74, 6) is -3.48. The van der Waals surface area contributed by atoms with Crippen molar-refractivity contribution in [2.45, 2.75) is 114 Å². The van der Waals surface area contributed by atoms with Gasteiger partial charge in [0.2, 0.25) is 11.8 Å². The topological polar surface area (TPSA) is 179 Å². The Hall–Kier alpha value is -4.10. The Kier molecular flexibility index (Phi) is 11.4. The Morgan fingerprint density at radius 3 is 2.59 bits per heavy atom. The number of aliphatic hydroxyl groups excluding tert-OH is 1. The molecule has 1 aromatic rings. The van der Waals surface area contributed by atoms with E-state index in [9.17, 15) is 37.5 Å². The Balaban J connectivity index is 1.23. The van der Waals surface area contributed by atoms with Crippen molar-refractivity contribution in [3.63, 3.8) is 0 Å². The van der Waals surface area contributed by atoms with Gasteiger partial charge in [-0.05, 0) is 57.2 Å². The van der Waals surface area contributed by atoms with Crippen LogP contribution in [0.1, 0.15) is 64.0 Å². The molecule has 8 atom stereocenters. The molecule has 18 heteroatoms. The van der Waals surface area contributed by atoms with Crippen molar-refractivity contribution in [1.29, 1.82) is 0 Å². The Morgan fingerprint density at radius 1 is 1.13 bits per heavy atom. The first-order chi connectivity index (χ1) is 25.5. The maximum Gasteiger partial charge on any atom is 0.422 e. The van der Waals surface area contributed by atoms with Gasteiger partial charge in [0.05, 0.1) is 19.2 Å². The van der Waals surface area contributed by atoms with Gasteiger partial charge in [-0.1, -0.05) is 24.3 Å². The summed E-state index contributed by atoms with van der Waals surface area (Å²) in [5, 5.41) is 14.1. The van der Waals surface area contributed by atoms with E-state index in [0.717, 1.165) is 6.08 Å². The van der Waals surface area contributed by atoms with Crippen LogP contribution < -0.4 is 5.32 Å². The number of nitrogens with zero attached hydrogens (tertiary/aromatic N) is 2. The van der Waals surface area contributed by atoms with E-state index in [1.807, 2.05) is 0 Å². The molecule has 1 saturated carbocycles. The largest absolute Gasteiger partial charge is 0.460 e. The van der Waals surface area contributed by atoms with Gasteiger partial charge in [-0.3, -0.25) is 24.0 Å². The molecule has 1 aliphatic carbocycles. The lowest BCUT2D eigenvalue weighted by Crippen LogP contribution is -2.70. The molecule has 0 unspecified atom stereocenters. The van der Waals surface area contributed by atoms with E-state index in [2.05, 4.69) is 10.1 Å². The van der Waals surface area contributed by atoms with Crippen LogP contribution in [0.25, 0.3) is 6.08 Å². The molecule has 5 fully saturated rings. The molecule has 15 nitrogen and oxygen atoms in total. The van der Waals surface area contributed by atoms with Gasteiger partial charge in [-0.15, -0.1) is 0 Å². The van der Waals surface area contributed by atoms with Gasteiger partial charge in [0, 0.05) is 25.5 Å². The van der Waals surface area contributed by atoms with Crippen LogP contribution in [0.5, 0.6) is 0 Å². The van der Waals surface area contributed by atoms with Crippen molar-refractivity contribution in [2.24, 2.45) is 5.41 Å². The number of ether oxygens (including phenoxy) is 5. The number of nitrogens with one attached hydrogen (secondary N) is 1. The van der Waals surface area contributed by atoms with E-state index in [1.54, 1.807) is 45.0 Å². The number of likely N-dealkylation sites (tertiary alicyclic amines) is 1. The number of alkyl halides is 3. The standard InChI is InChI=1S/C36H44F3N3O12/c1-34(2,3)53-26(45)13-11-22(17-43)40-31(46)23-9-6-14-41(23)33(48)35-15-24-27-28(51-19-50-27)30(35)54-42(29(35)32(47)52-24)16-21-8-5-4-7-20(21)10-12-25(44)49-18-36(37,38)39/h4-5,7-8,10,12,22-24,27-30,43H,6,9,11,13-19H2,1-3H3,(H,40,46)/t22-,23+,24+,27-,28-,29-,30+,35-/m0/s1. The summed E-state index contributed by atoms with van der Waals surface area (Å²) in [5.41, 5.74) is -1.37. The number of esters is 3. The third kappa shape index (κ3) is 8.27. The van der Waals surface area contributed by atoms with Crippen LogP contribution in [0.4, 0.5) is 13.2 Å². The molecule has 0 spiro atoms. The van der Waals surface area contributed by atoms with E-state index in [-0.39, 0.29) is 39.1 Å². The highest BCUT2D eigenvalue weighted by Crippen LogP contribution is 2.56. The van der Waals surface area contributed by atoms with Gasteiger partial charge >= 0.3 is 24.1 Å². The summed E-state index contributed by atoms with van der Waals surface area (Å²) in [6.07, 6.45) is -5.11. The van der Waals surface area contributed by atoms with Crippen molar-refractivity contribution >= 4 is 35.8 Å². The molecule has 0 aromatic heterocycles. The zero-order valence-electron chi connectivity index (χ0n) is 30.0. The number of benzene rings is 1. The second-order valence-electron chi connectivity index (χ2n) is 15.0. The molecule has 54 heavy (non-hydrogen) atoms. The SMILES string of the molecule is CC(C)(C)OC(=O)CC[C@@H](CO)NC(=O)[C@H]1CCCN1C(=O)[C@@]12C[C@H]3OC(=O)[C@@H]1N(Cc1ccccc1C=CC(=O)OCC(F)(F)F)O[C@@H]2[C@H]1OCO[C@H]13. The number of aliphatic hydroxyl groups is 1. The van der Waals surface area contributed by atoms with Gasteiger partial charge in [0.1, 0.15) is 48.3 Å². The first-order valence-electron chi connectivity index (χ1n) is 17.8. The zero-order chi connectivity index (χ0) is 39.0. The number of halogens is 3. The summed E-state index contributed by atoms with van der Waals surface area (Å²) in [4.78, 5) is 74.8. The smallest absolute Gasteiger partial charge is 0.422 e. The highest BCUT2D eigenvalue weighted by Gasteiger charge is 2.75. The first-order valence-corrected chi connectivity index (χ1v) is 17.8. The van der Waals surface area contributed by atoms with Crippen LogP contribution in [-0.2, 0) is 59.0 Å². The summed E-state index contributed by atoms with van der Waals surface area (Å²) in [7, 11) is 0. The minimum atomic E-state index is -4.69. The van der Waals surface area contributed by atoms with E-state index in [4.69, 9.17) is 23.8 Å². The molecule has 2 bridgehead atoms. The van der Waals surface area contributed by atoms with E-state index in [0.29, 0.717) is 24.0 Å². The lowest BCUT2D eigenvalue weighted by atomic mass is 9.62. The summed E-state index contributed by atoms with van der Waals surface area (Å²) in [6.45, 7) is 2.95. The second-order valence-corrected chi connectivity index (χ2v) is 15.0. The Labute approximate surface area is 308 Å². The van der Waals surface area contributed by atoms with Gasteiger partial charge in [0.15, 0.2) is 12.6 Å². The maximum absolute atomic E-state index is 15.0. The fourth-order valence-electron chi connectivity index (χ4n) is 7.92. The van der Waals surface area contributed by atoms with Crippen molar-refractivity contribution in [1.82, 2.24) is 15.3 Å². The fourth-order valence-corrected chi connectivity index (χ4v) is 7.92. The fraction of sp³-hybridized carbons (Fsp3) is 0.639. The van der Waals surface area contributed by atoms with Crippen LogP contribution in [0.3, 0.4) is 0 Å². The molecule has 2 amide bonds. The number of hydrogen-bond donors (Lipinski definition) is 2. The van der Waals surface area contributed by atoms with Crippen molar-refractivity contribution in [3.05, 3.63) is 41.5 Å². The predicted molar refractivity (Wildman–Crippen MR) is 177 cm³/mol. The van der Waals surface area contributed by atoms with E-state index >= 15 is 4.79 Å². The van der Waals surface area contributed by atoms with Crippen LogP contribution in [0.15, 0.2) is 30.3 Å². The van der Waals surface area contributed by atoms with E-state index in [1.165, 1.54) is 16.0 Å². The summed E-state index contributed by atoms with van der Waals surface area (Å²) >= 11 is 0. The minimum absolute atomic E-state index is 0.0144. The zero-order valence-corrected chi connectivity index (χ0v) is 30.0. The third-order valence-electron chi connectivity index (χ3n) is 10.1. The molecule has 1 aromatic carbocycles. The molecular formula is C36H44F3N3O12. The quantitative estimate of drug-likeness (QED) is 0.179. The highest BCUT2D eigenvalue weighted by molar-refractivity contribution is 5.96. The van der Waals surface area contributed by atoms with Gasteiger partial charge < -0.3 is 39.0 Å². The monoisotopic (exact) mass is 767 g/mol. The molecule has 4 saturated heterocycles. The average molecular weight is 768 g/mol. The average Bonchev–Trinajstić information content (AvgIpc) is 3.86. The lowest BCUT2D eigenvalue weighted by Gasteiger charge is -2.50. The molecule has 5 aliphatic rings. The molecular weight excluding hydrogens is 723 g/mol.